The van der Waals surface area contributed by atoms with Crippen LogP contribution in [0.2, 0.25) is 0 Å². The number of anilines is 1. The molecule has 0 aliphatic heterocycles. The number of benzene rings is 3. The molecule has 37 heavy (non-hydrogen) atoms. The third-order valence-corrected chi connectivity index (χ3v) is 5.68. The minimum absolute atomic E-state index is 0.115. The number of para-hydroxylation sites is 1. The second kappa shape index (κ2) is 10.4. The summed E-state index contributed by atoms with van der Waals surface area (Å²) in [5, 5.41) is 3.88. The smallest absolute Gasteiger partial charge is 0.362 e. The van der Waals surface area contributed by atoms with Crippen molar-refractivity contribution in [2.75, 3.05) is 19.0 Å². The molecule has 0 atom stereocenters. The van der Waals surface area contributed by atoms with Crippen LogP contribution in [0.25, 0.3) is 5.69 Å². The molecule has 1 heterocycles. The van der Waals surface area contributed by atoms with Crippen molar-refractivity contribution < 1.29 is 26.7 Å². The zero-order chi connectivity index (χ0) is 26.7. The highest BCUT2D eigenvalue weighted by Crippen LogP contribution is 2.38. The van der Waals surface area contributed by atoms with Gasteiger partial charge in [0.15, 0.2) is 5.69 Å². The molecule has 0 saturated carbocycles. The summed E-state index contributed by atoms with van der Waals surface area (Å²) in [4.78, 5) is 16.0. The van der Waals surface area contributed by atoms with E-state index < -0.39 is 36.0 Å². The highest BCUT2D eigenvalue weighted by Gasteiger charge is 2.41. The molecule has 5 nitrogen and oxygen atoms in total. The Morgan fingerprint density at radius 3 is 2.08 bits per heavy atom. The number of rotatable bonds is 7. The molecular weight excluding hydrogens is 491 g/mol. The van der Waals surface area contributed by atoms with Crippen molar-refractivity contribution in [1.82, 2.24) is 14.7 Å². The Hall–Kier alpha value is -4.21. The van der Waals surface area contributed by atoms with Crippen LogP contribution in [0, 0.1) is 11.6 Å². The van der Waals surface area contributed by atoms with Crippen molar-refractivity contribution in [2.45, 2.75) is 19.3 Å². The van der Waals surface area contributed by atoms with Gasteiger partial charge in [-0.2, -0.15) is 18.3 Å². The van der Waals surface area contributed by atoms with Crippen molar-refractivity contribution in [3.63, 3.8) is 0 Å². The van der Waals surface area contributed by atoms with Gasteiger partial charge in [-0.15, -0.1) is 0 Å². The normalized spacial score (nSPS) is 11.4. The summed E-state index contributed by atoms with van der Waals surface area (Å²) in [5.74, 6) is -2.01. The van der Waals surface area contributed by atoms with Gasteiger partial charge in [0.05, 0.1) is 17.8 Å². The number of carbonyl (C=O) groups excluding carboxylic acids is 1. The van der Waals surface area contributed by atoms with Gasteiger partial charge in [0.1, 0.15) is 17.5 Å². The third-order valence-electron chi connectivity index (χ3n) is 5.68. The molecule has 0 bridgehead atoms. The minimum Gasteiger partial charge on any atom is -0.362 e. The number of aromatic nitrogens is 2. The summed E-state index contributed by atoms with van der Waals surface area (Å²) < 4.78 is 71.9. The van der Waals surface area contributed by atoms with E-state index in [2.05, 4.69) is 5.10 Å². The zero-order valence-corrected chi connectivity index (χ0v) is 20.0. The first-order valence-corrected chi connectivity index (χ1v) is 11.3. The Kier molecular flexibility index (Phi) is 7.28. The average Bonchev–Trinajstić information content (AvgIpc) is 3.25. The summed E-state index contributed by atoms with van der Waals surface area (Å²) in [6.07, 6.45) is -4.83. The lowest BCUT2D eigenvalue weighted by Crippen LogP contribution is -2.32. The molecule has 0 N–H and O–H groups in total. The summed E-state index contributed by atoms with van der Waals surface area (Å²) in [5.41, 5.74) is -0.853. The van der Waals surface area contributed by atoms with Gasteiger partial charge in [-0.05, 0) is 42.0 Å². The van der Waals surface area contributed by atoms with Crippen LogP contribution in [0.5, 0.6) is 0 Å². The number of hydrogen-bond donors (Lipinski definition) is 0. The van der Waals surface area contributed by atoms with Crippen LogP contribution in [-0.4, -0.2) is 34.7 Å². The van der Waals surface area contributed by atoms with Gasteiger partial charge in [0, 0.05) is 26.2 Å². The summed E-state index contributed by atoms with van der Waals surface area (Å²) >= 11 is 0. The van der Waals surface area contributed by atoms with Crippen molar-refractivity contribution in [2.24, 2.45) is 0 Å². The number of halogens is 5. The number of alkyl halides is 3. The highest BCUT2D eigenvalue weighted by atomic mass is 19.4. The maximum atomic E-state index is 14.5. The Balaban J connectivity index is 1.86. The molecule has 3 aromatic carbocycles. The molecular formula is C27H23F5N4O. The van der Waals surface area contributed by atoms with Gasteiger partial charge in [-0.1, -0.05) is 42.5 Å². The van der Waals surface area contributed by atoms with Crippen LogP contribution in [0.4, 0.5) is 27.8 Å². The van der Waals surface area contributed by atoms with Gasteiger partial charge in [0.25, 0.3) is 5.91 Å². The van der Waals surface area contributed by atoms with Gasteiger partial charge < -0.3 is 9.80 Å². The van der Waals surface area contributed by atoms with Gasteiger partial charge >= 0.3 is 6.18 Å². The first-order chi connectivity index (χ1) is 17.6. The predicted octanol–water partition coefficient (Wildman–Crippen LogP) is 6.08. The molecule has 4 rings (SSSR count). The number of carbonyl (C=O) groups is 1. The summed E-state index contributed by atoms with van der Waals surface area (Å²) in [6.45, 7) is -0.714. The minimum atomic E-state index is -4.83. The molecule has 0 spiro atoms. The van der Waals surface area contributed by atoms with Crippen molar-refractivity contribution in [1.29, 1.82) is 0 Å². The van der Waals surface area contributed by atoms with Gasteiger partial charge in [0.2, 0.25) is 0 Å². The van der Waals surface area contributed by atoms with E-state index in [1.54, 1.807) is 44.4 Å². The van der Waals surface area contributed by atoms with Crippen LogP contribution < -0.4 is 4.90 Å². The Morgan fingerprint density at radius 1 is 0.865 bits per heavy atom. The maximum Gasteiger partial charge on any atom is 0.435 e. The molecule has 192 valence electrons. The van der Waals surface area contributed by atoms with Crippen LogP contribution >= 0.6 is 0 Å². The van der Waals surface area contributed by atoms with E-state index in [1.165, 1.54) is 52.0 Å². The van der Waals surface area contributed by atoms with E-state index in [9.17, 15) is 26.7 Å². The highest BCUT2D eigenvalue weighted by molar-refractivity contribution is 5.94. The second-order valence-corrected chi connectivity index (χ2v) is 8.56. The molecule has 1 aromatic heterocycles. The third kappa shape index (κ3) is 5.63. The average molecular weight is 514 g/mol. The Labute approximate surface area is 210 Å². The topological polar surface area (TPSA) is 41.4 Å². The Bertz CT molecular complexity index is 1380. The standard InChI is InChI=1S/C27H23F5N4O/c1-34(2)25-22(24(27(30,31)32)33-36(25)20-8-4-3-5-9-20)17-35(16-18-12-14-19(28)15-13-18)26(37)21-10-6-7-11-23(21)29/h3-15H,16-17H2,1-2H3. The number of nitrogens with zero attached hydrogens (tertiary/aromatic N) is 4. The van der Waals surface area contributed by atoms with Gasteiger partial charge in [-0.3, -0.25) is 4.79 Å². The summed E-state index contributed by atoms with van der Waals surface area (Å²) in [7, 11) is 3.15. The SMILES string of the molecule is CN(C)c1c(CN(Cc2ccc(F)cc2)C(=O)c2ccccc2F)c(C(F)(F)F)nn1-c1ccccc1. The monoisotopic (exact) mass is 514 g/mol. The molecule has 10 heteroatoms. The first-order valence-electron chi connectivity index (χ1n) is 11.3. The molecule has 0 aliphatic carbocycles. The summed E-state index contributed by atoms with van der Waals surface area (Å²) in [6, 6.07) is 18.7. The van der Waals surface area contributed by atoms with E-state index >= 15 is 0 Å². The fraction of sp³-hybridized carbons (Fsp3) is 0.185. The van der Waals surface area contributed by atoms with Crippen LogP contribution in [-0.2, 0) is 19.3 Å². The molecule has 0 saturated heterocycles. The van der Waals surface area contributed by atoms with Crippen LogP contribution in [0.1, 0.15) is 27.2 Å². The van der Waals surface area contributed by atoms with Crippen LogP contribution in [0.3, 0.4) is 0 Å². The molecule has 0 fully saturated rings. The van der Waals surface area contributed by atoms with Crippen LogP contribution in [0.15, 0.2) is 78.9 Å². The lowest BCUT2D eigenvalue weighted by Gasteiger charge is -2.25. The largest absolute Gasteiger partial charge is 0.435 e. The first kappa shape index (κ1) is 25.9. The van der Waals surface area contributed by atoms with Crippen molar-refractivity contribution in [3.05, 3.63) is 113 Å². The molecule has 0 unspecified atom stereocenters. The van der Waals surface area contributed by atoms with E-state index in [4.69, 9.17) is 0 Å². The van der Waals surface area contributed by atoms with E-state index in [1.807, 2.05) is 0 Å². The van der Waals surface area contributed by atoms with E-state index in [0.717, 1.165) is 11.0 Å². The molecule has 0 radical (unpaired) electrons. The zero-order valence-electron chi connectivity index (χ0n) is 20.0. The van der Waals surface area contributed by atoms with Crippen molar-refractivity contribution >= 4 is 11.7 Å². The van der Waals surface area contributed by atoms with Crippen molar-refractivity contribution in [3.8, 4) is 5.69 Å². The molecule has 4 aromatic rings. The molecule has 0 aliphatic rings. The lowest BCUT2D eigenvalue weighted by atomic mass is 10.1. The fourth-order valence-electron chi connectivity index (χ4n) is 4.03. The van der Waals surface area contributed by atoms with E-state index in [0.29, 0.717) is 11.3 Å². The Morgan fingerprint density at radius 2 is 1.49 bits per heavy atom. The van der Waals surface area contributed by atoms with E-state index in [-0.39, 0.29) is 23.5 Å². The number of hydrogen-bond acceptors (Lipinski definition) is 3. The number of amides is 1. The lowest BCUT2D eigenvalue weighted by molar-refractivity contribution is -0.142. The second-order valence-electron chi connectivity index (χ2n) is 8.56. The predicted molar refractivity (Wildman–Crippen MR) is 129 cm³/mol. The quantitative estimate of drug-likeness (QED) is 0.281. The fourth-order valence-corrected chi connectivity index (χ4v) is 4.03. The molecule has 1 amide bonds. The van der Waals surface area contributed by atoms with Gasteiger partial charge in [-0.25, -0.2) is 13.5 Å². The maximum absolute atomic E-state index is 14.5.